The number of para-hydroxylation sites is 2. The average Bonchev–Trinajstić information content (AvgIpc) is 3.46. The normalized spacial score (nSPS) is 17.1. The highest BCUT2D eigenvalue weighted by Crippen LogP contribution is 2.35. The van der Waals surface area contributed by atoms with Crippen molar-refractivity contribution in [2.45, 2.75) is 38.0 Å². The van der Waals surface area contributed by atoms with Crippen LogP contribution in [0.3, 0.4) is 0 Å². The Bertz CT molecular complexity index is 1250. The molecule has 11 heteroatoms. The lowest BCUT2D eigenvalue weighted by Crippen LogP contribution is -2.43. The number of thiophene rings is 1. The molecule has 2 aromatic heterocycles. The molecule has 0 bridgehead atoms. The summed E-state index contributed by atoms with van der Waals surface area (Å²) in [5.74, 6) is 0.761. The first-order chi connectivity index (χ1) is 15.8. The fourth-order valence-electron chi connectivity index (χ4n) is 3.83. The highest BCUT2D eigenvalue weighted by Gasteiger charge is 2.35. The lowest BCUT2D eigenvalue weighted by atomic mass is 9.98. The molecule has 3 heterocycles. The molecule has 0 aliphatic carbocycles. The highest BCUT2D eigenvalue weighted by molar-refractivity contribution is 7.89. The summed E-state index contributed by atoms with van der Waals surface area (Å²) in [4.78, 5) is 18.7. The predicted molar refractivity (Wildman–Crippen MR) is 125 cm³/mol. The standard InChI is InChI=1S/C22H26N4O5S2/c1-4-20-24-21(25-31-20)18-12-19(14(2)32-18)33(28,29)26-11-7-8-15(13-26)22(27)23-16-9-5-6-10-17(16)30-3/h5-6,9-10,12,15H,4,7-8,11,13H2,1-3H3,(H,23,27). The number of sulfonamides is 1. The van der Waals surface area contributed by atoms with Crippen LogP contribution in [0.15, 0.2) is 39.8 Å². The molecular formula is C22H26N4O5S2. The van der Waals surface area contributed by atoms with Gasteiger partial charge < -0.3 is 14.6 Å². The van der Waals surface area contributed by atoms with Crippen molar-refractivity contribution in [3.05, 3.63) is 41.1 Å². The van der Waals surface area contributed by atoms with Gasteiger partial charge in [-0.25, -0.2) is 8.42 Å². The van der Waals surface area contributed by atoms with E-state index in [0.29, 0.717) is 58.7 Å². The number of hydrogen-bond donors (Lipinski definition) is 1. The Morgan fingerprint density at radius 2 is 2.15 bits per heavy atom. The number of carbonyl (C=O) groups excluding carboxylic acids is 1. The minimum absolute atomic E-state index is 0.121. The summed E-state index contributed by atoms with van der Waals surface area (Å²) < 4.78 is 38.8. The first kappa shape index (κ1) is 23.4. The van der Waals surface area contributed by atoms with E-state index in [1.807, 2.05) is 13.0 Å². The van der Waals surface area contributed by atoms with E-state index in [2.05, 4.69) is 15.5 Å². The van der Waals surface area contributed by atoms with Gasteiger partial charge >= 0.3 is 0 Å². The molecule has 0 spiro atoms. The van der Waals surface area contributed by atoms with Gasteiger partial charge in [0.1, 0.15) is 5.75 Å². The first-order valence-corrected chi connectivity index (χ1v) is 13.0. The number of hydrogen-bond acceptors (Lipinski definition) is 8. The van der Waals surface area contributed by atoms with Crippen molar-refractivity contribution in [3.63, 3.8) is 0 Å². The Morgan fingerprint density at radius 3 is 2.88 bits per heavy atom. The minimum atomic E-state index is -3.78. The van der Waals surface area contributed by atoms with Crippen molar-refractivity contribution in [3.8, 4) is 16.5 Å². The zero-order valence-electron chi connectivity index (χ0n) is 18.7. The molecule has 1 atom stereocenters. The van der Waals surface area contributed by atoms with Crippen molar-refractivity contribution >= 4 is 33.0 Å². The van der Waals surface area contributed by atoms with E-state index in [1.165, 1.54) is 22.8 Å². The third-order valence-corrected chi connectivity index (χ3v) is 8.77. The van der Waals surface area contributed by atoms with Gasteiger partial charge in [-0.15, -0.1) is 11.3 Å². The molecule has 4 rings (SSSR count). The van der Waals surface area contributed by atoms with Crippen molar-refractivity contribution in [1.82, 2.24) is 14.4 Å². The van der Waals surface area contributed by atoms with Crippen LogP contribution >= 0.6 is 11.3 Å². The lowest BCUT2D eigenvalue weighted by Gasteiger charge is -2.31. The Morgan fingerprint density at radius 1 is 1.36 bits per heavy atom. The number of ether oxygens (including phenoxy) is 1. The second-order valence-corrected chi connectivity index (χ2v) is 11.0. The van der Waals surface area contributed by atoms with Gasteiger partial charge in [0.2, 0.25) is 27.6 Å². The second-order valence-electron chi connectivity index (χ2n) is 7.79. The molecule has 1 aliphatic rings. The van der Waals surface area contributed by atoms with Gasteiger partial charge in [0.15, 0.2) is 0 Å². The van der Waals surface area contributed by atoms with Gasteiger partial charge in [0.25, 0.3) is 0 Å². The topological polar surface area (TPSA) is 115 Å². The van der Waals surface area contributed by atoms with Crippen LogP contribution in [-0.2, 0) is 21.2 Å². The highest BCUT2D eigenvalue weighted by atomic mass is 32.2. The van der Waals surface area contributed by atoms with Crippen molar-refractivity contribution in [2.24, 2.45) is 5.92 Å². The minimum Gasteiger partial charge on any atom is -0.495 e. The number of rotatable bonds is 7. The molecular weight excluding hydrogens is 464 g/mol. The van der Waals surface area contributed by atoms with Crippen LogP contribution in [0, 0.1) is 12.8 Å². The molecule has 1 aromatic carbocycles. The number of benzene rings is 1. The predicted octanol–water partition coefficient (Wildman–Crippen LogP) is 3.72. The maximum Gasteiger partial charge on any atom is 0.244 e. The number of piperidine rings is 1. The van der Waals surface area contributed by atoms with Crippen LogP contribution in [-0.4, -0.2) is 49.0 Å². The van der Waals surface area contributed by atoms with Gasteiger partial charge in [0, 0.05) is 24.4 Å². The molecule has 1 aliphatic heterocycles. The fourth-order valence-corrected chi connectivity index (χ4v) is 6.84. The number of nitrogens with zero attached hydrogens (tertiary/aromatic N) is 3. The van der Waals surface area contributed by atoms with Crippen molar-refractivity contribution < 1.29 is 22.5 Å². The third-order valence-electron chi connectivity index (χ3n) is 5.60. The molecule has 33 heavy (non-hydrogen) atoms. The fraction of sp³-hybridized carbons (Fsp3) is 0.409. The molecule has 0 radical (unpaired) electrons. The van der Waals surface area contributed by atoms with E-state index in [4.69, 9.17) is 9.26 Å². The van der Waals surface area contributed by atoms with E-state index < -0.39 is 15.9 Å². The van der Waals surface area contributed by atoms with Crippen molar-refractivity contribution in [1.29, 1.82) is 0 Å². The van der Waals surface area contributed by atoms with Crippen molar-refractivity contribution in [2.75, 3.05) is 25.5 Å². The van der Waals surface area contributed by atoms with Crippen LogP contribution in [0.2, 0.25) is 0 Å². The quantitative estimate of drug-likeness (QED) is 0.537. The number of nitrogens with one attached hydrogen (secondary N) is 1. The molecule has 176 valence electrons. The monoisotopic (exact) mass is 490 g/mol. The molecule has 1 saturated heterocycles. The smallest absolute Gasteiger partial charge is 0.244 e. The van der Waals surface area contributed by atoms with Crippen LogP contribution < -0.4 is 10.1 Å². The van der Waals surface area contributed by atoms with Gasteiger partial charge in [-0.3, -0.25) is 4.79 Å². The average molecular weight is 491 g/mol. The summed E-state index contributed by atoms with van der Waals surface area (Å²) in [5, 5.41) is 6.83. The van der Waals surface area contributed by atoms with E-state index in [9.17, 15) is 13.2 Å². The maximum atomic E-state index is 13.5. The van der Waals surface area contributed by atoms with E-state index in [0.717, 1.165) is 0 Å². The Labute approximate surface area is 196 Å². The Balaban J connectivity index is 1.52. The molecule has 1 N–H and O–H groups in total. The molecule has 1 unspecified atom stereocenters. The van der Waals surface area contributed by atoms with Crippen LogP contribution in [0.5, 0.6) is 5.75 Å². The summed E-state index contributed by atoms with van der Waals surface area (Å²) in [7, 11) is -2.24. The number of amides is 1. The Hall–Kier alpha value is -2.76. The number of carbonyl (C=O) groups is 1. The SMILES string of the molecule is CCc1nc(-c2cc(S(=O)(=O)N3CCCC(C(=O)Nc4ccccc4OC)C3)c(C)s2)no1. The molecule has 1 fully saturated rings. The van der Waals surface area contributed by atoms with Crippen LogP contribution in [0.25, 0.3) is 10.7 Å². The number of aryl methyl sites for hydroxylation is 2. The summed E-state index contributed by atoms with van der Waals surface area (Å²) in [6, 6.07) is 8.74. The van der Waals surface area contributed by atoms with E-state index in [-0.39, 0.29) is 17.3 Å². The summed E-state index contributed by atoms with van der Waals surface area (Å²) in [6.07, 6.45) is 1.82. The van der Waals surface area contributed by atoms with Gasteiger partial charge in [-0.05, 0) is 38.0 Å². The maximum absolute atomic E-state index is 13.5. The number of methoxy groups -OCH3 is 1. The van der Waals surface area contributed by atoms with Gasteiger partial charge in [-0.2, -0.15) is 9.29 Å². The lowest BCUT2D eigenvalue weighted by molar-refractivity contribution is -0.120. The number of aromatic nitrogens is 2. The summed E-state index contributed by atoms with van der Waals surface area (Å²) in [5.41, 5.74) is 0.565. The zero-order chi connectivity index (χ0) is 23.6. The summed E-state index contributed by atoms with van der Waals surface area (Å²) in [6.45, 7) is 4.16. The van der Waals surface area contributed by atoms with Gasteiger partial charge in [-0.1, -0.05) is 24.2 Å². The van der Waals surface area contributed by atoms with Gasteiger partial charge in [0.05, 0.1) is 28.5 Å². The molecule has 3 aromatic rings. The van der Waals surface area contributed by atoms with E-state index >= 15 is 0 Å². The third kappa shape index (κ3) is 4.80. The number of anilines is 1. The van der Waals surface area contributed by atoms with E-state index in [1.54, 1.807) is 31.2 Å². The van der Waals surface area contributed by atoms with Crippen LogP contribution in [0.4, 0.5) is 5.69 Å². The van der Waals surface area contributed by atoms with Crippen LogP contribution in [0.1, 0.15) is 30.5 Å². The molecule has 9 nitrogen and oxygen atoms in total. The summed E-state index contributed by atoms with van der Waals surface area (Å²) >= 11 is 1.31. The largest absolute Gasteiger partial charge is 0.495 e. The molecule has 0 saturated carbocycles. The molecule has 1 amide bonds. The first-order valence-electron chi connectivity index (χ1n) is 10.7. The second kappa shape index (κ2) is 9.62. The Kier molecular flexibility index (Phi) is 6.82. The zero-order valence-corrected chi connectivity index (χ0v) is 20.3.